The molecule has 0 aliphatic carbocycles. The van der Waals surface area contributed by atoms with Crippen molar-refractivity contribution < 1.29 is 38.5 Å². The van der Waals surface area contributed by atoms with Crippen molar-refractivity contribution in [2.75, 3.05) is 12.4 Å². The topological polar surface area (TPSA) is 128 Å². The normalized spacial score (nSPS) is 12.1. The van der Waals surface area contributed by atoms with Gasteiger partial charge in [0.05, 0.1) is 28.3 Å². The molecule has 0 radical (unpaired) electrons. The van der Waals surface area contributed by atoms with Crippen molar-refractivity contribution in [1.29, 1.82) is 0 Å². The summed E-state index contributed by atoms with van der Waals surface area (Å²) in [5.41, 5.74) is -0.0266. The fourth-order valence-corrected chi connectivity index (χ4v) is 3.42. The monoisotopic (exact) mass is 531 g/mol. The number of methoxy groups -OCH3 is 1. The number of hydrogen-bond donors (Lipinski definition) is 2. The average molecular weight is 532 g/mol. The van der Waals surface area contributed by atoms with Gasteiger partial charge in [-0.3, -0.25) is 4.79 Å². The predicted molar refractivity (Wildman–Crippen MR) is 131 cm³/mol. The van der Waals surface area contributed by atoms with E-state index in [1.807, 2.05) is 0 Å². The minimum absolute atomic E-state index is 0.000986. The van der Waals surface area contributed by atoms with Crippen molar-refractivity contribution in [2.24, 2.45) is 0 Å². The molecule has 0 aliphatic heterocycles. The summed E-state index contributed by atoms with van der Waals surface area (Å²) in [7, 11) is 1.46. The van der Waals surface area contributed by atoms with E-state index < -0.39 is 36.0 Å². The molecule has 11 heteroatoms. The average Bonchev–Trinajstić information content (AvgIpc) is 2.86. The third-order valence-corrected chi connectivity index (χ3v) is 5.45. The number of carboxylic acids is 1. The number of benzene rings is 3. The van der Waals surface area contributed by atoms with Crippen LogP contribution in [-0.2, 0) is 19.1 Å². The maximum absolute atomic E-state index is 13.1. The number of carbonyl (C=O) groups is 4. The molecule has 36 heavy (non-hydrogen) atoms. The summed E-state index contributed by atoms with van der Waals surface area (Å²) in [5.74, 6) is -4.54. The van der Waals surface area contributed by atoms with Crippen LogP contribution in [0.15, 0.2) is 72.8 Å². The first-order valence-electron chi connectivity index (χ1n) is 10.3. The van der Waals surface area contributed by atoms with Crippen molar-refractivity contribution in [3.63, 3.8) is 0 Å². The van der Waals surface area contributed by atoms with E-state index in [1.165, 1.54) is 55.6 Å². The molecular formula is C25H19Cl2NO8. The van der Waals surface area contributed by atoms with E-state index in [-0.39, 0.29) is 26.9 Å². The molecule has 0 bridgehead atoms. The van der Waals surface area contributed by atoms with Gasteiger partial charge in [-0.05, 0) is 48.5 Å². The van der Waals surface area contributed by atoms with Gasteiger partial charge in [0, 0.05) is 5.69 Å². The van der Waals surface area contributed by atoms with Gasteiger partial charge < -0.3 is 24.6 Å². The zero-order chi connectivity index (χ0) is 26.2. The molecule has 3 rings (SSSR count). The number of esters is 2. The van der Waals surface area contributed by atoms with Crippen LogP contribution in [0.3, 0.4) is 0 Å². The maximum atomic E-state index is 13.1. The molecule has 2 atom stereocenters. The minimum Gasteiger partial charge on any atom is -0.497 e. The van der Waals surface area contributed by atoms with Crippen LogP contribution in [0.1, 0.15) is 20.7 Å². The largest absolute Gasteiger partial charge is 0.497 e. The fourth-order valence-electron chi connectivity index (χ4n) is 2.99. The quantitative estimate of drug-likeness (QED) is 0.387. The Hall–Kier alpha value is -4.08. The van der Waals surface area contributed by atoms with E-state index >= 15 is 0 Å². The number of hydrogen-bond acceptors (Lipinski definition) is 7. The summed E-state index contributed by atoms with van der Waals surface area (Å²) in [6, 6.07) is 17.6. The van der Waals surface area contributed by atoms with Gasteiger partial charge in [-0.2, -0.15) is 0 Å². The Bertz CT molecular complexity index is 1280. The van der Waals surface area contributed by atoms with Crippen LogP contribution in [0.25, 0.3) is 0 Å². The van der Waals surface area contributed by atoms with Crippen LogP contribution < -0.4 is 10.1 Å². The van der Waals surface area contributed by atoms with Gasteiger partial charge >= 0.3 is 17.9 Å². The number of nitrogens with one attached hydrogen (secondary N) is 1. The molecule has 0 fully saturated rings. The molecule has 1 amide bonds. The minimum atomic E-state index is -2.22. The number of amides is 1. The van der Waals surface area contributed by atoms with Gasteiger partial charge in [0.1, 0.15) is 5.75 Å². The molecule has 0 unspecified atom stereocenters. The van der Waals surface area contributed by atoms with Crippen LogP contribution in [0.2, 0.25) is 10.0 Å². The van der Waals surface area contributed by atoms with Gasteiger partial charge in [-0.1, -0.05) is 47.5 Å². The second-order valence-corrected chi connectivity index (χ2v) is 7.98. The van der Waals surface area contributed by atoms with Crippen LogP contribution in [-0.4, -0.2) is 48.2 Å². The third-order valence-electron chi connectivity index (χ3n) is 4.79. The van der Waals surface area contributed by atoms with Crippen molar-refractivity contribution in [3.8, 4) is 5.75 Å². The number of carbonyl (C=O) groups excluding carboxylic acids is 3. The van der Waals surface area contributed by atoms with Gasteiger partial charge in [0.2, 0.25) is 12.2 Å². The van der Waals surface area contributed by atoms with Crippen molar-refractivity contribution in [3.05, 3.63) is 94.0 Å². The van der Waals surface area contributed by atoms with Crippen LogP contribution >= 0.6 is 23.2 Å². The molecule has 0 aromatic heterocycles. The highest BCUT2D eigenvalue weighted by molar-refractivity contribution is 6.34. The summed E-state index contributed by atoms with van der Waals surface area (Å²) in [6.45, 7) is 0. The van der Waals surface area contributed by atoms with Crippen LogP contribution in [0, 0.1) is 0 Å². The molecule has 186 valence electrons. The summed E-state index contributed by atoms with van der Waals surface area (Å²) in [4.78, 5) is 50.7. The Morgan fingerprint density at radius 3 is 1.67 bits per heavy atom. The smallest absolute Gasteiger partial charge is 0.349 e. The Kier molecular flexibility index (Phi) is 8.88. The lowest BCUT2D eigenvalue weighted by atomic mass is 10.1. The van der Waals surface area contributed by atoms with Crippen molar-refractivity contribution in [1.82, 2.24) is 0 Å². The van der Waals surface area contributed by atoms with Crippen molar-refractivity contribution >= 4 is 52.7 Å². The second-order valence-electron chi connectivity index (χ2n) is 7.17. The highest BCUT2D eigenvalue weighted by Crippen LogP contribution is 2.22. The molecule has 0 spiro atoms. The van der Waals surface area contributed by atoms with Gasteiger partial charge in [-0.15, -0.1) is 0 Å². The highest BCUT2D eigenvalue weighted by Gasteiger charge is 2.41. The van der Waals surface area contributed by atoms with Gasteiger partial charge in [0.25, 0.3) is 5.91 Å². The molecule has 0 saturated carbocycles. The zero-order valence-electron chi connectivity index (χ0n) is 18.6. The zero-order valence-corrected chi connectivity index (χ0v) is 20.2. The van der Waals surface area contributed by atoms with E-state index in [0.717, 1.165) is 0 Å². The van der Waals surface area contributed by atoms with E-state index in [1.54, 1.807) is 24.3 Å². The lowest BCUT2D eigenvalue weighted by Gasteiger charge is -2.24. The lowest BCUT2D eigenvalue weighted by molar-refractivity contribution is -0.157. The molecule has 2 N–H and O–H groups in total. The van der Waals surface area contributed by atoms with E-state index in [2.05, 4.69) is 5.32 Å². The third kappa shape index (κ3) is 6.53. The van der Waals surface area contributed by atoms with Gasteiger partial charge in [-0.25, -0.2) is 14.4 Å². The Balaban J connectivity index is 1.93. The number of aliphatic carboxylic acids is 1. The van der Waals surface area contributed by atoms with Crippen molar-refractivity contribution in [2.45, 2.75) is 12.2 Å². The molecule has 0 aliphatic rings. The summed E-state index contributed by atoms with van der Waals surface area (Å²) in [6.07, 6.45) is -4.32. The first kappa shape index (κ1) is 26.5. The molecule has 3 aromatic rings. The Morgan fingerprint density at radius 2 is 1.22 bits per heavy atom. The number of halogens is 2. The summed E-state index contributed by atoms with van der Waals surface area (Å²) >= 11 is 12.0. The predicted octanol–water partition coefficient (Wildman–Crippen LogP) is 4.48. The summed E-state index contributed by atoms with van der Waals surface area (Å²) < 4.78 is 15.4. The molecular weight excluding hydrogens is 513 g/mol. The van der Waals surface area contributed by atoms with Gasteiger partial charge in [0.15, 0.2) is 0 Å². The first-order chi connectivity index (χ1) is 17.2. The van der Waals surface area contributed by atoms with Crippen LogP contribution in [0.5, 0.6) is 5.75 Å². The van der Waals surface area contributed by atoms with E-state index in [9.17, 15) is 24.3 Å². The maximum Gasteiger partial charge on any atom is 0.349 e. The number of anilines is 1. The lowest BCUT2D eigenvalue weighted by Crippen LogP contribution is -2.48. The molecule has 3 aromatic carbocycles. The van der Waals surface area contributed by atoms with E-state index in [0.29, 0.717) is 5.75 Å². The molecule has 9 nitrogen and oxygen atoms in total. The fraction of sp³-hybridized carbons (Fsp3) is 0.120. The molecule has 0 saturated heterocycles. The summed E-state index contributed by atoms with van der Waals surface area (Å²) in [5, 5.41) is 12.3. The number of ether oxygens (including phenoxy) is 3. The highest BCUT2D eigenvalue weighted by atomic mass is 35.5. The number of carboxylic acid groups (broad SMARTS) is 1. The SMILES string of the molecule is COc1ccc(NC(=O)[C@@H](OC(=O)c2ccccc2Cl)[C@@H](OC(=O)c2ccccc2Cl)C(=O)O)cc1. The Morgan fingerprint density at radius 1 is 0.750 bits per heavy atom. The van der Waals surface area contributed by atoms with E-state index in [4.69, 9.17) is 37.4 Å². The standard InChI is InChI=1S/C25H19Cl2NO8/c1-34-15-12-10-14(11-13-15)28-22(29)20(35-24(32)16-6-2-4-8-18(16)26)21(23(30)31)36-25(33)17-7-3-5-9-19(17)27/h2-13,20-21H,1H3,(H,28,29)(H,30,31)/t20-,21+/m0/s1. The molecule has 0 heterocycles. The second kappa shape index (κ2) is 12.1. The van der Waals surface area contributed by atoms with Crippen LogP contribution in [0.4, 0.5) is 5.69 Å². The Labute approximate surface area is 215 Å². The number of rotatable bonds is 9. The first-order valence-corrected chi connectivity index (χ1v) is 11.1.